The summed E-state index contributed by atoms with van der Waals surface area (Å²) < 4.78 is 32.6. The molecule has 1 amide bonds. The number of ether oxygens (including phenoxy) is 1. The van der Waals surface area contributed by atoms with E-state index in [4.69, 9.17) is 4.74 Å². The van der Waals surface area contributed by atoms with E-state index in [1.54, 1.807) is 24.3 Å². The Kier molecular flexibility index (Phi) is 8.35. The van der Waals surface area contributed by atoms with Crippen LogP contribution in [0.1, 0.15) is 59.7 Å². The van der Waals surface area contributed by atoms with Crippen molar-refractivity contribution in [1.82, 2.24) is 4.31 Å². The second kappa shape index (κ2) is 11.2. The lowest BCUT2D eigenvalue weighted by Gasteiger charge is -2.26. The molecule has 0 unspecified atom stereocenters. The van der Waals surface area contributed by atoms with Crippen molar-refractivity contribution in [3.63, 3.8) is 0 Å². The van der Waals surface area contributed by atoms with Crippen molar-refractivity contribution in [3.05, 3.63) is 59.7 Å². The van der Waals surface area contributed by atoms with Gasteiger partial charge in [-0.05, 0) is 55.7 Å². The SMILES string of the molecule is CCCC(=O)Nc1ccc(C(=O)COC(=O)c2ccccc2S(=O)(=O)N2CCCCC2)cc1. The van der Waals surface area contributed by atoms with Gasteiger partial charge >= 0.3 is 5.97 Å². The summed E-state index contributed by atoms with van der Waals surface area (Å²) in [7, 11) is -3.83. The molecule has 8 nitrogen and oxygen atoms in total. The molecule has 3 rings (SSSR count). The number of carbonyl (C=O) groups is 3. The zero-order valence-corrected chi connectivity index (χ0v) is 19.4. The van der Waals surface area contributed by atoms with Crippen molar-refractivity contribution in [1.29, 1.82) is 0 Å². The maximum Gasteiger partial charge on any atom is 0.339 e. The number of amides is 1. The summed E-state index contributed by atoms with van der Waals surface area (Å²) >= 11 is 0. The van der Waals surface area contributed by atoms with Gasteiger partial charge in [0.1, 0.15) is 0 Å². The van der Waals surface area contributed by atoms with Gasteiger partial charge in [0.2, 0.25) is 15.9 Å². The third kappa shape index (κ3) is 6.27. The smallest absolute Gasteiger partial charge is 0.339 e. The van der Waals surface area contributed by atoms with E-state index >= 15 is 0 Å². The topological polar surface area (TPSA) is 110 Å². The van der Waals surface area contributed by atoms with Crippen LogP contribution in [0.2, 0.25) is 0 Å². The van der Waals surface area contributed by atoms with E-state index < -0.39 is 28.4 Å². The molecule has 0 aliphatic carbocycles. The van der Waals surface area contributed by atoms with Gasteiger partial charge in [-0.25, -0.2) is 13.2 Å². The molecule has 1 fully saturated rings. The maximum absolute atomic E-state index is 13.0. The average Bonchev–Trinajstić information content (AvgIpc) is 2.83. The Bertz CT molecular complexity index is 1110. The number of rotatable bonds is 9. The van der Waals surface area contributed by atoms with E-state index in [0.29, 0.717) is 30.8 Å². The molecule has 0 saturated carbocycles. The lowest BCUT2D eigenvalue weighted by Crippen LogP contribution is -2.36. The zero-order chi connectivity index (χ0) is 23.8. The summed E-state index contributed by atoms with van der Waals surface area (Å²) in [5.74, 6) is -1.42. The van der Waals surface area contributed by atoms with E-state index in [0.717, 1.165) is 25.7 Å². The second-order valence-electron chi connectivity index (χ2n) is 7.84. The minimum Gasteiger partial charge on any atom is -0.454 e. The summed E-state index contributed by atoms with van der Waals surface area (Å²) in [6.07, 6.45) is 3.68. The molecule has 0 aromatic heterocycles. The minimum absolute atomic E-state index is 0.0927. The van der Waals surface area contributed by atoms with Gasteiger partial charge in [-0.3, -0.25) is 9.59 Å². The van der Waals surface area contributed by atoms with Crippen LogP contribution in [0.25, 0.3) is 0 Å². The van der Waals surface area contributed by atoms with E-state index in [1.807, 2.05) is 6.92 Å². The second-order valence-corrected chi connectivity index (χ2v) is 9.74. The Hall–Kier alpha value is -3.04. The normalized spacial score (nSPS) is 14.5. The molecule has 0 atom stereocenters. The molecule has 33 heavy (non-hydrogen) atoms. The van der Waals surface area contributed by atoms with Crippen molar-refractivity contribution >= 4 is 33.4 Å². The summed E-state index contributed by atoms with van der Waals surface area (Å²) in [6, 6.07) is 12.1. The van der Waals surface area contributed by atoms with Crippen LogP contribution in [0.5, 0.6) is 0 Å². The van der Waals surface area contributed by atoms with E-state index in [-0.39, 0.29) is 16.4 Å². The number of piperidine rings is 1. The highest BCUT2D eigenvalue weighted by Crippen LogP contribution is 2.24. The molecule has 1 aliphatic heterocycles. The number of anilines is 1. The van der Waals surface area contributed by atoms with Gasteiger partial charge in [0.05, 0.1) is 10.5 Å². The number of Topliss-reactive ketones (excluding diaryl/α,β-unsaturated/α-hetero) is 1. The predicted molar refractivity (Wildman–Crippen MR) is 124 cm³/mol. The molecule has 2 aromatic carbocycles. The maximum atomic E-state index is 13.0. The molecule has 0 spiro atoms. The fraction of sp³-hybridized carbons (Fsp3) is 0.375. The van der Waals surface area contributed by atoms with Gasteiger partial charge in [0.25, 0.3) is 0 Å². The van der Waals surface area contributed by atoms with Crippen LogP contribution < -0.4 is 5.32 Å². The largest absolute Gasteiger partial charge is 0.454 e. The molecule has 1 saturated heterocycles. The van der Waals surface area contributed by atoms with Crippen molar-refractivity contribution in [3.8, 4) is 0 Å². The van der Waals surface area contributed by atoms with Crippen molar-refractivity contribution in [2.24, 2.45) is 0 Å². The number of nitrogens with zero attached hydrogens (tertiary/aromatic N) is 1. The highest BCUT2D eigenvalue weighted by atomic mass is 32.2. The Morgan fingerprint density at radius 3 is 2.30 bits per heavy atom. The highest BCUT2D eigenvalue weighted by Gasteiger charge is 2.30. The van der Waals surface area contributed by atoms with Crippen LogP contribution in [0.4, 0.5) is 5.69 Å². The Balaban J connectivity index is 1.65. The molecule has 1 heterocycles. The number of sulfonamides is 1. The fourth-order valence-corrected chi connectivity index (χ4v) is 5.28. The highest BCUT2D eigenvalue weighted by molar-refractivity contribution is 7.89. The van der Waals surface area contributed by atoms with Gasteiger partial charge in [-0.1, -0.05) is 25.5 Å². The number of esters is 1. The minimum atomic E-state index is -3.83. The van der Waals surface area contributed by atoms with Crippen LogP contribution in [0.3, 0.4) is 0 Å². The number of benzene rings is 2. The van der Waals surface area contributed by atoms with Crippen LogP contribution in [-0.2, 0) is 19.6 Å². The standard InChI is InChI=1S/C24H28N2O6S/c1-2-8-23(28)25-19-13-11-18(12-14-19)21(27)17-32-24(29)20-9-4-5-10-22(20)33(30,31)26-15-6-3-7-16-26/h4-5,9-14H,2-3,6-8,15-17H2,1H3,(H,25,28). The summed E-state index contributed by atoms with van der Waals surface area (Å²) in [6.45, 7) is 2.21. The molecule has 2 aromatic rings. The predicted octanol–water partition coefficient (Wildman–Crippen LogP) is 3.64. The first-order valence-electron chi connectivity index (χ1n) is 11.0. The van der Waals surface area contributed by atoms with Crippen LogP contribution in [-0.4, -0.2) is 50.1 Å². The fourth-order valence-electron chi connectivity index (χ4n) is 3.59. The van der Waals surface area contributed by atoms with Gasteiger partial charge in [0, 0.05) is 30.8 Å². The molecule has 9 heteroatoms. The average molecular weight is 473 g/mol. The van der Waals surface area contributed by atoms with E-state index in [9.17, 15) is 22.8 Å². The van der Waals surface area contributed by atoms with Crippen molar-refractivity contribution in [2.45, 2.75) is 43.9 Å². The van der Waals surface area contributed by atoms with Gasteiger partial charge in [-0.15, -0.1) is 0 Å². The number of ketones is 1. The van der Waals surface area contributed by atoms with Crippen LogP contribution >= 0.6 is 0 Å². The summed E-state index contributed by atoms with van der Waals surface area (Å²) in [5.41, 5.74) is 0.786. The monoisotopic (exact) mass is 472 g/mol. The third-order valence-corrected chi connectivity index (χ3v) is 7.30. The third-order valence-electron chi connectivity index (χ3n) is 5.34. The summed E-state index contributed by atoms with van der Waals surface area (Å²) in [5, 5.41) is 2.73. The molecule has 1 N–H and O–H groups in total. The quantitative estimate of drug-likeness (QED) is 0.441. The Morgan fingerprint density at radius 2 is 1.64 bits per heavy atom. The molecule has 0 bridgehead atoms. The Morgan fingerprint density at radius 1 is 0.970 bits per heavy atom. The lowest BCUT2D eigenvalue weighted by molar-refractivity contribution is -0.116. The van der Waals surface area contributed by atoms with Gasteiger partial charge < -0.3 is 10.1 Å². The van der Waals surface area contributed by atoms with Crippen LogP contribution in [0.15, 0.2) is 53.4 Å². The molecular formula is C24H28N2O6S. The van der Waals surface area contributed by atoms with Gasteiger partial charge in [0.15, 0.2) is 12.4 Å². The van der Waals surface area contributed by atoms with Crippen molar-refractivity contribution < 1.29 is 27.5 Å². The first-order valence-corrected chi connectivity index (χ1v) is 12.5. The number of carbonyl (C=O) groups excluding carboxylic acids is 3. The van der Waals surface area contributed by atoms with E-state index in [2.05, 4.69) is 5.32 Å². The van der Waals surface area contributed by atoms with Crippen molar-refractivity contribution in [2.75, 3.05) is 25.0 Å². The number of hydrogen-bond donors (Lipinski definition) is 1. The lowest BCUT2D eigenvalue weighted by atomic mass is 10.1. The molecule has 0 radical (unpaired) electrons. The Labute approximate surface area is 194 Å². The summed E-state index contributed by atoms with van der Waals surface area (Å²) in [4.78, 5) is 36.7. The zero-order valence-electron chi connectivity index (χ0n) is 18.6. The molecular weight excluding hydrogens is 444 g/mol. The first kappa shape index (κ1) is 24.6. The number of nitrogens with one attached hydrogen (secondary N) is 1. The number of hydrogen-bond acceptors (Lipinski definition) is 6. The van der Waals surface area contributed by atoms with E-state index in [1.165, 1.54) is 28.6 Å². The van der Waals surface area contributed by atoms with Gasteiger partial charge in [-0.2, -0.15) is 4.31 Å². The molecule has 1 aliphatic rings. The first-order chi connectivity index (χ1) is 15.8. The van der Waals surface area contributed by atoms with Crippen LogP contribution in [0, 0.1) is 0 Å². The molecule has 176 valence electrons.